The van der Waals surface area contributed by atoms with E-state index < -0.39 is 0 Å². The zero-order valence-corrected chi connectivity index (χ0v) is 12.3. The summed E-state index contributed by atoms with van der Waals surface area (Å²) in [6, 6.07) is 0.801. The number of nitrogens with one attached hydrogen (secondary N) is 1. The van der Waals surface area contributed by atoms with Crippen LogP contribution in [-0.2, 0) is 4.79 Å². The third kappa shape index (κ3) is 2.52. The average Bonchev–Trinajstić information content (AvgIpc) is 3.27. The Morgan fingerprint density at radius 3 is 2.63 bits per heavy atom. The summed E-state index contributed by atoms with van der Waals surface area (Å²) in [6.07, 6.45) is 7.30. The van der Waals surface area contributed by atoms with Crippen molar-refractivity contribution < 1.29 is 4.79 Å². The van der Waals surface area contributed by atoms with Crippen molar-refractivity contribution in [3.8, 4) is 0 Å². The average molecular weight is 265 g/mol. The van der Waals surface area contributed by atoms with Gasteiger partial charge >= 0.3 is 0 Å². The molecule has 1 aliphatic heterocycles. The van der Waals surface area contributed by atoms with E-state index in [9.17, 15) is 4.79 Å². The Kier molecular flexibility index (Phi) is 3.56. The van der Waals surface area contributed by atoms with E-state index in [4.69, 9.17) is 0 Å². The summed E-state index contributed by atoms with van der Waals surface area (Å²) in [6.45, 7) is 7.50. The summed E-state index contributed by atoms with van der Waals surface area (Å²) in [5, 5.41) is 3.59. The fraction of sp³-hybridized carbons (Fsp3) is 0.933. The summed E-state index contributed by atoms with van der Waals surface area (Å²) in [7, 11) is 0. The van der Waals surface area contributed by atoms with Gasteiger partial charge in [0.2, 0.25) is 5.91 Å². The summed E-state index contributed by atoms with van der Waals surface area (Å²) in [5.41, 5.74) is -0.142. The van der Waals surface area contributed by atoms with Crippen LogP contribution in [0.3, 0.4) is 0 Å². The van der Waals surface area contributed by atoms with Gasteiger partial charge in [-0.1, -0.05) is 20.3 Å². The summed E-state index contributed by atoms with van der Waals surface area (Å²) >= 11 is 0. The van der Waals surface area contributed by atoms with Crippen LogP contribution in [0, 0.1) is 0 Å². The first-order valence-electron chi connectivity index (χ1n) is 8.03. The van der Waals surface area contributed by atoms with Crippen molar-refractivity contribution in [2.24, 2.45) is 0 Å². The minimum absolute atomic E-state index is 0.142. The molecule has 3 rings (SSSR count). The number of hydrogen-bond donors (Lipinski definition) is 1. The number of carbonyl (C=O) groups excluding carboxylic acids is 1. The van der Waals surface area contributed by atoms with Crippen molar-refractivity contribution in [2.45, 2.75) is 70.1 Å². The molecule has 108 valence electrons. The molecular weight excluding hydrogens is 238 g/mol. The quantitative estimate of drug-likeness (QED) is 0.759. The fourth-order valence-corrected chi connectivity index (χ4v) is 3.39. The van der Waals surface area contributed by atoms with Crippen molar-refractivity contribution in [2.75, 3.05) is 19.6 Å². The van der Waals surface area contributed by atoms with E-state index in [0.717, 1.165) is 51.4 Å². The van der Waals surface area contributed by atoms with Crippen LogP contribution in [0.15, 0.2) is 0 Å². The summed E-state index contributed by atoms with van der Waals surface area (Å²) < 4.78 is 0. The van der Waals surface area contributed by atoms with E-state index >= 15 is 0 Å². The molecule has 1 spiro atoms. The summed E-state index contributed by atoms with van der Waals surface area (Å²) in [5.74, 6) is 0.373. The van der Waals surface area contributed by atoms with Crippen LogP contribution < -0.4 is 5.32 Å². The largest absolute Gasteiger partial charge is 0.324 e. The van der Waals surface area contributed by atoms with Gasteiger partial charge in [-0.25, -0.2) is 0 Å². The molecule has 1 amide bonds. The van der Waals surface area contributed by atoms with Crippen LogP contribution in [0.25, 0.3) is 0 Å². The number of hydrogen-bond acceptors (Lipinski definition) is 3. The van der Waals surface area contributed by atoms with Gasteiger partial charge < -0.3 is 4.90 Å². The first-order chi connectivity index (χ1) is 9.20. The molecule has 1 unspecified atom stereocenters. The van der Waals surface area contributed by atoms with Crippen molar-refractivity contribution in [3.63, 3.8) is 0 Å². The molecule has 0 aromatic carbocycles. The molecular formula is C15H27N3O. The van der Waals surface area contributed by atoms with Gasteiger partial charge in [0.05, 0.1) is 11.7 Å². The summed E-state index contributed by atoms with van der Waals surface area (Å²) in [4.78, 5) is 17.2. The molecule has 1 atom stereocenters. The number of amides is 1. The normalized spacial score (nSPS) is 28.7. The number of rotatable bonds is 7. The van der Waals surface area contributed by atoms with Crippen molar-refractivity contribution in [1.82, 2.24) is 15.1 Å². The zero-order chi connectivity index (χ0) is 13.5. The Hall–Kier alpha value is -0.610. The second-order valence-corrected chi connectivity index (χ2v) is 6.39. The smallest absolute Gasteiger partial charge is 0.244 e. The van der Waals surface area contributed by atoms with Gasteiger partial charge in [-0.3, -0.25) is 15.0 Å². The van der Waals surface area contributed by atoms with Crippen LogP contribution in [0.4, 0.5) is 0 Å². The lowest BCUT2D eigenvalue weighted by Gasteiger charge is -2.28. The highest BCUT2D eigenvalue weighted by Gasteiger charge is 2.58. The third-order valence-electron chi connectivity index (χ3n) is 4.90. The minimum Gasteiger partial charge on any atom is -0.324 e. The Morgan fingerprint density at radius 1 is 1.37 bits per heavy atom. The lowest BCUT2D eigenvalue weighted by Crippen LogP contribution is -2.42. The minimum atomic E-state index is -0.142. The van der Waals surface area contributed by atoms with E-state index in [-0.39, 0.29) is 11.7 Å². The molecule has 0 radical (unpaired) electrons. The van der Waals surface area contributed by atoms with Gasteiger partial charge in [-0.15, -0.1) is 0 Å². The van der Waals surface area contributed by atoms with Crippen LogP contribution in [-0.4, -0.2) is 53.1 Å². The monoisotopic (exact) mass is 265 g/mol. The maximum Gasteiger partial charge on any atom is 0.244 e. The maximum absolute atomic E-state index is 12.5. The Labute approximate surface area is 116 Å². The van der Waals surface area contributed by atoms with E-state index in [1.54, 1.807) is 0 Å². The van der Waals surface area contributed by atoms with E-state index in [1.807, 2.05) is 0 Å². The molecule has 0 aromatic rings. The number of carbonyl (C=O) groups is 1. The predicted octanol–water partition coefficient (Wildman–Crippen LogP) is 1.56. The highest BCUT2D eigenvalue weighted by molar-refractivity contribution is 5.91. The van der Waals surface area contributed by atoms with E-state index in [1.165, 1.54) is 12.8 Å². The molecule has 0 bridgehead atoms. The molecule has 4 nitrogen and oxygen atoms in total. The van der Waals surface area contributed by atoms with Gasteiger partial charge in [0.1, 0.15) is 0 Å². The van der Waals surface area contributed by atoms with Crippen LogP contribution in [0.5, 0.6) is 0 Å². The molecule has 2 saturated carbocycles. The van der Waals surface area contributed by atoms with Crippen LogP contribution >= 0.6 is 0 Å². The third-order valence-corrected chi connectivity index (χ3v) is 4.90. The van der Waals surface area contributed by atoms with Crippen molar-refractivity contribution >= 4 is 5.91 Å². The lowest BCUT2D eigenvalue weighted by atomic mass is 10.2. The molecule has 1 saturated heterocycles. The first kappa shape index (κ1) is 13.4. The molecule has 4 heteroatoms. The van der Waals surface area contributed by atoms with E-state index in [2.05, 4.69) is 29.0 Å². The van der Waals surface area contributed by atoms with Gasteiger partial charge in [-0.2, -0.15) is 0 Å². The Bertz CT molecular complexity index is 349. The molecule has 3 fully saturated rings. The van der Waals surface area contributed by atoms with Crippen molar-refractivity contribution in [3.05, 3.63) is 0 Å². The number of nitrogens with zero attached hydrogens (tertiary/aromatic N) is 2. The fourth-order valence-electron chi connectivity index (χ4n) is 3.39. The van der Waals surface area contributed by atoms with Gasteiger partial charge in [-0.05, 0) is 38.6 Å². The van der Waals surface area contributed by atoms with Gasteiger partial charge in [0, 0.05) is 19.1 Å². The van der Waals surface area contributed by atoms with Gasteiger partial charge in [0.15, 0.2) is 0 Å². The second-order valence-electron chi connectivity index (χ2n) is 6.39. The lowest BCUT2D eigenvalue weighted by molar-refractivity contribution is -0.131. The Balaban J connectivity index is 1.59. The molecule has 0 aromatic heterocycles. The molecule has 1 heterocycles. The highest BCUT2D eigenvalue weighted by Crippen LogP contribution is 2.42. The Morgan fingerprint density at radius 2 is 2.11 bits per heavy atom. The molecule has 2 aliphatic carbocycles. The first-order valence-corrected chi connectivity index (χ1v) is 8.03. The molecule has 3 aliphatic rings. The van der Waals surface area contributed by atoms with Crippen molar-refractivity contribution in [1.29, 1.82) is 0 Å². The second kappa shape index (κ2) is 5.06. The molecule has 1 N–H and O–H groups in total. The zero-order valence-electron chi connectivity index (χ0n) is 12.3. The predicted molar refractivity (Wildman–Crippen MR) is 75.8 cm³/mol. The van der Waals surface area contributed by atoms with Gasteiger partial charge in [0.25, 0.3) is 0 Å². The highest BCUT2D eigenvalue weighted by atomic mass is 16.2. The van der Waals surface area contributed by atoms with E-state index in [0.29, 0.717) is 5.91 Å². The molecule has 19 heavy (non-hydrogen) atoms. The van der Waals surface area contributed by atoms with Crippen LogP contribution in [0.2, 0.25) is 0 Å². The SMILES string of the molecule is CCCC1NC2(CC2)C(=O)N1CCN(CC)C1CC1. The maximum atomic E-state index is 12.5. The van der Waals surface area contributed by atoms with Crippen LogP contribution in [0.1, 0.15) is 52.4 Å². The standard InChI is InChI=1S/C15H27N3O/c1-3-5-13-16-15(8-9-15)14(19)18(13)11-10-17(4-2)12-6-7-12/h12-13,16H,3-11H2,1-2H3. The topological polar surface area (TPSA) is 35.6 Å². The number of likely N-dealkylation sites (N-methyl/N-ethyl adjacent to an activating group) is 1.